The molecule has 21 heavy (non-hydrogen) atoms. The number of para-hydroxylation sites is 1. The minimum atomic E-state index is 0.832. The van der Waals surface area contributed by atoms with E-state index in [9.17, 15) is 0 Å². The molecule has 0 saturated carbocycles. The third kappa shape index (κ3) is 2.97. The Morgan fingerprint density at radius 2 is 1.95 bits per heavy atom. The summed E-state index contributed by atoms with van der Waals surface area (Å²) in [7, 11) is 0. The lowest BCUT2D eigenvalue weighted by molar-refractivity contribution is 1.02. The van der Waals surface area contributed by atoms with Gasteiger partial charge in [0.1, 0.15) is 0 Å². The van der Waals surface area contributed by atoms with Gasteiger partial charge < -0.3 is 11.1 Å². The van der Waals surface area contributed by atoms with Crippen molar-refractivity contribution in [3.63, 3.8) is 0 Å². The van der Waals surface area contributed by atoms with Gasteiger partial charge in [0.15, 0.2) is 0 Å². The Morgan fingerprint density at radius 3 is 2.81 bits per heavy atom. The van der Waals surface area contributed by atoms with Gasteiger partial charge in [0, 0.05) is 29.5 Å². The van der Waals surface area contributed by atoms with E-state index < -0.39 is 0 Å². The molecule has 0 unspecified atom stereocenters. The molecule has 0 aliphatic carbocycles. The van der Waals surface area contributed by atoms with Gasteiger partial charge in [-0.2, -0.15) is 0 Å². The van der Waals surface area contributed by atoms with Gasteiger partial charge in [0.25, 0.3) is 0 Å². The van der Waals surface area contributed by atoms with Crippen LogP contribution in [-0.2, 0) is 6.42 Å². The Labute approximate surface area is 124 Å². The molecule has 0 fully saturated rings. The molecule has 106 valence electrons. The second-order valence-electron chi connectivity index (χ2n) is 5.24. The van der Waals surface area contributed by atoms with Gasteiger partial charge in [0.05, 0.1) is 5.52 Å². The molecule has 0 saturated heterocycles. The van der Waals surface area contributed by atoms with Crippen LogP contribution in [0.4, 0.5) is 11.4 Å². The summed E-state index contributed by atoms with van der Waals surface area (Å²) in [4.78, 5) is 4.49. The van der Waals surface area contributed by atoms with E-state index >= 15 is 0 Å². The molecule has 0 aliphatic rings. The number of nitrogens with two attached hydrogens (primary N) is 1. The van der Waals surface area contributed by atoms with Crippen molar-refractivity contribution < 1.29 is 0 Å². The van der Waals surface area contributed by atoms with Crippen molar-refractivity contribution in [3.8, 4) is 0 Å². The Hall–Kier alpha value is -2.55. The minimum Gasteiger partial charge on any atom is -0.399 e. The zero-order valence-corrected chi connectivity index (χ0v) is 12.1. The average Bonchev–Trinajstić information content (AvgIpc) is 2.51. The van der Waals surface area contributed by atoms with Crippen LogP contribution in [-0.4, -0.2) is 11.5 Å². The summed E-state index contributed by atoms with van der Waals surface area (Å²) >= 11 is 0. The Kier molecular flexibility index (Phi) is 3.73. The van der Waals surface area contributed by atoms with Gasteiger partial charge in [-0.1, -0.05) is 24.3 Å². The predicted octanol–water partition coefficient (Wildman–Crippen LogP) is 3.78. The third-order valence-electron chi connectivity index (χ3n) is 3.71. The van der Waals surface area contributed by atoms with Crippen molar-refractivity contribution >= 4 is 22.3 Å². The molecule has 0 atom stereocenters. The lowest BCUT2D eigenvalue weighted by Gasteiger charge is -2.10. The van der Waals surface area contributed by atoms with Gasteiger partial charge in [-0.25, -0.2) is 0 Å². The largest absolute Gasteiger partial charge is 0.399 e. The van der Waals surface area contributed by atoms with Crippen LogP contribution in [0.3, 0.4) is 0 Å². The number of nitrogens with one attached hydrogen (secondary N) is 1. The average molecular weight is 277 g/mol. The molecular formula is C18H19N3. The van der Waals surface area contributed by atoms with Crippen molar-refractivity contribution in [2.75, 3.05) is 17.6 Å². The Morgan fingerprint density at radius 1 is 1.10 bits per heavy atom. The number of hydrogen-bond acceptors (Lipinski definition) is 3. The maximum absolute atomic E-state index is 5.83. The van der Waals surface area contributed by atoms with Gasteiger partial charge in [-0.05, 0) is 48.7 Å². The first-order chi connectivity index (χ1) is 10.2. The normalized spacial score (nSPS) is 10.7. The first-order valence-corrected chi connectivity index (χ1v) is 7.16. The van der Waals surface area contributed by atoms with E-state index in [-0.39, 0.29) is 0 Å². The van der Waals surface area contributed by atoms with Crippen LogP contribution in [0.5, 0.6) is 0 Å². The number of nitrogens with zero attached hydrogens (tertiary/aromatic N) is 1. The van der Waals surface area contributed by atoms with Crippen LogP contribution in [0.15, 0.2) is 54.7 Å². The highest BCUT2D eigenvalue weighted by molar-refractivity contribution is 5.81. The van der Waals surface area contributed by atoms with E-state index in [4.69, 9.17) is 5.73 Å². The number of anilines is 2. The summed E-state index contributed by atoms with van der Waals surface area (Å²) in [5, 5.41) is 4.64. The highest BCUT2D eigenvalue weighted by atomic mass is 14.9. The summed E-state index contributed by atoms with van der Waals surface area (Å²) in [5.41, 5.74) is 11.2. The van der Waals surface area contributed by atoms with Crippen molar-refractivity contribution in [3.05, 3.63) is 65.9 Å². The smallest absolute Gasteiger partial charge is 0.0734 e. The first-order valence-electron chi connectivity index (χ1n) is 7.16. The standard InChI is InChI=1S/C18H19N3/c1-13-12-16(7-8-17(13)19)20-11-9-15-5-2-4-14-6-3-10-21-18(14)15/h2-8,10,12,20H,9,11,19H2,1H3. The van der Waals surface area contributed by atoms with Crippen LogP contribution in [0.2, 0.25) is 0 Å². The van der Waals surface area contributed by atoms with Gasteiger partial charge in [-0.3, -0.25) is 4.98 Å². The lowest BCUT2D eigenvalue weighted by Crippen LogP contribution is -2.06. The molecule has 3 heteroatoms. The number of rotatable bonds is 4. The number of hydrogen-bond donors (Lipinski definition) is 2. The van der Waals surface area contributed by atoms with E-state index in [1.165, 1.54) is 10.9 Å². The van der Waals surface area contributed by atoms with E-state index in [0.717, 1.165) is 35.4 Å². The number of nitrogen functional groups attached to an aromatic ring is 1. The lowest BCUT2D eigenvalue weighted by atomic mass is 10.1. The summed E-state index contributed by atoms with van der Waals surface area (Å²) in [6.07, 6.45) is 2.79. The number of aryl methyl sites for hydroxylation is 1. The minimum absolute atomic E-state index is 0.832. The maximum Gasteiger partial charge on any atom is 0.0734 e. The fourth-order valence-electron chi connectivity index (χ4n) is 2.50. The van der Waals surface area contributed by atoms with Crippen LogP contribution in [0, 0.1) is 6.92 Å². The Balaban J connectivity index is 1.70. The molecule has 3 rings (SSSR count). The summed E-state index contributed by atoms with van der Waals surface area (Å²) < 4.78 is 0. The van der Waals surface area contributed by atoms with Crippen molar-refractivity contribution in [1.29, 1.82) is 0 Å². The first kappa shape index (κ1) is 13.4. The second-order valence-corrected chi connectivity index (χ2v) is 5.24. The summed E-state index contributed by atoms with van der Waals surface area (Å²) in [6.45, 7) is 2.90. The quantitative estimate of drug-likeness (QED) is 0.713. The fraction of sp³-hybridized carbons (Fsp3) is 0.167. The SMILES string of the molecule is Cc1cc(NCCc2cccc3cccnc23)ccc1N. The van der Waals surface area contributed by atoms with Gasteiger partial charge >= 0.3 is 0 Å². The molecule has 3 nitrogen and oxygen atoms in total. The summed E-state index contributed by atoms with van der Waals surface area (Å²) in [6, 6.07) is 16.4. The second kappa shape index (κ2) is 5.83. The number of aromatic nitrogens is 1. The van der Waals surface area contributed by atoms with Crippen LogP contribution in [0.25, 0.3) is 10.9 Å². The molecule has 3 N–H and O–H groups in total. The molecule has 0 bridgehead atoms. The third-order valence-corrected chi connectivity index (χ3v) is 3.71. The molecule has 0 spiro atoms. The summed E-state index contributed by atoms with van der Waals surface area (Å²) in [5.74, 6) is 0. The van der Waals surface area contributed by atoms with E-state index in [2.05, 4.69) is 40.6 Å². The topological polar surface area (TPSA) is 50.9 Å². The van der Waals surface area contributed by atoms with E-state index in [1.807, 2.05) is 31.3 Å². The van der Waals surface area contributed by atoms with Gasteiger partial charge in [0.2, 0.25) is 0 Å². The molecule has 3 aromatic rings. The van der Waals surface area contributed by atoms with Crippen molar-refractivity contribution in [1.82, 2.24) is 4.98 Å². The molecular weight excluding hydrogens is 258 g/mol. The molecule has 0 radical (unpaired) electrons. The van der Waals surface area contributed by atoms with Gasteiger partial charge in [-0.15, -0.1) is 0 Å². The highest BCUT2D eigenvalue weighted by Gasteiger charge is 2.02. The molecule has 1 aromatic heterocycles. The number of pyridine rings is 1. The number of benzene rings is 2. The molecule has 0 aliphatic heterocycles. The van der Waals surface area contributed by atoms with E-state index in [0.29, 0.717) is 0 Å². The fourth-order valence-corrected chi connectivity index (χ4v) is 2.50. The van der Waals surface area contributed by atoms with E-state index in [1.54, 1.807) is 0 Å². The molecule has 1 heterocycles. The molecule has 2 aromatic carbocycles. The maximum atomic E-state index is 5.83. The molecule has 0 amide bonds. The van der Waals surface area contributed by atoms with Crippen LogP contribution < -0.4 is 11.1 Å². The van der Waals surface area contributed by atoms with Crippen molar-refractivity contribution in [2.24, 2.45) is 0 Å². The highest BCUT2D eigenvalue weighted by Crippen LogP contribution is 2.18. The Bertz CT molecular complexity index is 760. The van der Waals surface area contributed by atoms with Crippen LogP contribution >= 0.6 is 0 Å². The van der Waals surface area contributed by atoms with Crippen LogP contribution in [0.1, 0.15) is 11.1 Å². The van der Waals surface area contributed by atoms with Crippen molar-refractivity contribution in [2.45, 2.75) is 13.3 Å². The zero-order chi connectivity index (χ0) is 14.7. The monoisotopic (exact) mass is 277 g/mol. The zero-order valence-electron chi connectivity index (χ0n) is 12.1. The predicted molar refractivity (Wildman–Crippen MR) is 89.5 cm³/mol. The number of fused-ring (bicyclic) bond motifs is 1.